The Morgan fingerprint density at radius 3 is 1.46 bits per heavy atom. The van der Waals surface area contributed by atoms with Crippen LogP contribution in [0.15, 0.2) is 0 Å². The van der Waals surface area contributed by atoms with Gasteiger partial charge in [-0.15, -0.1) is 0 Å². The Hall–Kier alpha value is 1.62. The average Bonchev–Trinajstić information content (AvgIpc) is 1.87. The maximum atomic E-state index is 8.80. The van der Waals surface area contributed by atoms with Crippen molar-refractivity contribution in [2.45, 2.75) is 13.8 Å². The Balaban J connectivity index is -0.000000173. The zero-order valence-corrected chi connectivity index (χ0v) is 10.6. The molecule has 0 bridgehead atoms. The van der Waals surface area contributed by atoms with E-state index in [2.05, 4.69) is 36.9 Å². The molecule has 0 spiro atoms. The molecule has 0 heterocycles. The van der Waals surface area contributed by atoms with E-state index < -0.39 is 0 Å². The van der Waals surface area contributed by atoms with Crippen molar-refractivity contribution in [2.75, 3.05) is 13.1 Å². The van der Waals surface area contributed by atoms with Gasteiger partial charge in [0.25, 0.3) is 0 Å². The van der Waals surface area contributed by atoms with Gasteiger partial charge < -0.3 is 0 Å². The third kappa shape index (κ3) is 19.9. The zero-order chi connectivity index (χ0) is 10.1. The minimum atomic E-state index is -0.208. The quantitative estimate of drug-likeness (QED) is 0.513. The van der Waals surface area contributed by atoms with Crippen molar-refractivity contribution in [3.05, 3.63) is 0 Å². The Kier molecular flexibility index (Phi) is 21.0. The molecule has 4 nitrogen and oxygen atoms in total. The van der Waals surface area contributed by atoms with Crippen molar-refractivity contribution in [1.82, 2.24) is 4.90 Å². The Morgan fingerprint density at radius 2 is 1.46 bits per heavy atom. The molecule has 0 fully saturated rings. The summed E-state index contributed by atoms with van der Waals surface area (Å²) in [6, 6.07) is 0. The van der Waals surface area contributed by atoms with E-state index in [1.165, 1.54) is 0 Å². The van der Waals surface area contributed by atoms with Crippen molar-refractivity contribution >= 4 is 92.0 Å². The topological polar surface area (TPSA) is 69.7 Å². The number of aliphatic hydroxyl groups excluding tert-OH is 2. The van der Waals surface area contributed by atoms with Crippen LogP contribution >= 0.6 is 0 Å². The molecule has 4 N–H and O–H groups in total. The van der Waals surface area contributed by atoms with E-state index in [9.17, 15) is 0 Å². The van der Waals surface area contributed by atoms with Crippen molar-refractivity contribution in [1.29, 1.82) is 0 Å². The molecule has 7 heteroatoms. The van der Waals surface area contributed by atoms with E-state index in [0.717, 1.165) is 13.1 Å². The third-order valence-corrected chi connectivity index (χ3v) is 1.58. The fourth-order valence-corrected chi connectivity index (χ4v) is 1.04. The van der Waals surface area contributed by atoms with Gasteiger partial charge in [-0.25, -0.2) is 0 Å². The van der Waals surface area contributed by atoms with Gasteiger partial charge in [-0.05, 0) is 0 Å². The fourth-order valence-electron chi connectivity index (χ4n) is 0.494. The summed E-state index contributed by atoms with van der Waals surface area (Å²) >= 11 is 4.69. The molecule has 0 aliphatic heterocycles. The molecular formula is C6H15KN2O2Se2. The average molecular weight is 344 g/mol. The van der Waals surface area contributed by atoms with Crippen LogP contribution < -0.4 is 5.73 Å². The molecule has 0 aromatic carbocycles. The molecule has 0 aromatic heterocycles. The maximum absolute atomic E-state index is 8.80. The molecule has 0 aliphatic rings. The van der Waals surface area contributed by atoms with Gasteiger partial charge in [-0.2, -0.15) is 0 Å². The number of nitrogens with zero attached hydrogens (tertiary/aromatic N) is 1. The normalized spacial score (nSPS) is 7.23. The summed E-state index contributed by atoms with van der Waals surface area (Å²) in [5.74, 6) is 0. The number of aliphatic hydroxyl groups is 2. The van der Waals surface area contributed by atoms with E-state index >= 15 is 0 Å². The zero-order valence-electron chi connectivity index (χ0n) is 7.15. The molecule has 0 atom stereocenters. The van der Waals surface area contributed by atoms with Gasteiger partial charge in [-0.1, -0.05) is 0 Å². The van der Waals surface area contributed by atoms with Crippen LogP contribution in [-0.4, -0.2) is 120 Å². The first kappa shape index (κ1) is 20.1. The standard InChI is InChI=1S/C5H11NOSe.CH3NOSe.K.H/c1-3-6(4-2)5(7)8;2-1(3)4;;/h3-4H2,1-2H3,(H,7,8);(H3,2,3,4);;. The van der Waals surface area contributed by atoms with Crippen molar-refractivity contribution in [2.24, 2.45) is 5.73 Å². The van der Waals surface area contributed by atoms with E-state index in [0.29, 0.717) is 0 Å². The molecule has 74 valence electrons. The summed E-state index contributed by atoms with van der Waals surface area (Å²) in [7, 11) is 0. The van der Waals surface area contributed by atoms with Gasteiger partial charge in [0.15, 0.2) is 0 Å². The summed E-state index contributed by atoms with van der Waals surface area (Å²) in [6.45, 7) is 5.71. The van der Waals surface area contributed by atoms with E-state index in [-0.39, 0.29) is 60.8 Å². The van der Waals surface area contributed by atoms with Gasteiger partial charge >= 0.3 is 140 Å². The summed E-state index contributed by atoms with van der Waals surface area (Å²) in [6.07, 6.45) is 0. The minimum absolute atomic E-state index is 0. The van der Waals surface area contributed by atoms with Crippen molar-refractivity contribution in [3.8, 4) is 0 Å². The first-order valence-corrected chi connectivity index (χ1v) is 5.13. The number of nitrogens with two attached hydrogens (primary N) is 1. The second kappa shape index (κ2) is 13.6. The van der Waals surface area contributed by atoms with Crippen LogP contribution in [0.3, 0.4) is 0 Å². The molecular weight excluding hydrogens is 329 g/mol. The van der Waals surface area contributed by atoms with Gasteiger partial charge in [-0.3, -0.25) is 0 Å². The number of hydrogen-bond acceptors (Lipinski definition) is 4. The van der Waals surface area contributed by atoms with Gasteiger partial charge in [0, 0.05) is 0 Å². The monoisotopic (exact) mass is 346 g/mol. The van der Waals surface area contributed by atoms with Crippen LogP contribution in [-0.2, 0) is 0 Å². The first-order valence-electron chi connectivity index (χ1n) is 3.41. The van der Waals surface area contributed by atoms with Gasteiger partial charge in [0.05, 0.1) is 0 Å². The summed E-state index contributed by atoms with van der Waals surface area (Å²) in [5.41, 5.74) is 4.53. The second-order valence-electron chi connectivity index (χ2n) is 1.79. The van der Waals surface area contributed by atoms with E-state index in [4.69, 9.17) is 10.2 Å². The Morgan fingerprint density at radius 1 is 1.23 bits per heavy atom. The molecule has 0 radical (unpaired) electrons. The van der Waals surface area contributed by atoms with Crippen molar-refractivity contribution in [3.63, 3.8) is 0 Å². The van der Waals surface area contributed by atoms with E-state index in [1.54, 1.807) is 0 Å². The third-order valence-electron chi connectivity index (χ3n) is 1.03. The molecule has 0 saturated carbocycles. The molecule has 0 aromatic rings. The van der Waals surface area contributed by atoms with Crippen LogP contribution in [0, 0.1) is 0 Å². The molecule has 13 heavy (non-hydrogen) atoms. The van der Waals surface area contributed by atoms with Crippen LogP contribution in [0.25, 0.3) is 0 Å². The Labute approximate surface area is 137 Å². The van der Waals surface area contributed by atoms with Crippen LogP contribution in [0.2, 0.25) is 0 Å². The van der Waals surface area contributed by atoms with Crippen LogP contribution in [0.4, 0.5) is 0 Å². The SMILES string of the molecule is CCN(CC)C(O)=[Se].NC(O)=[Se].[KH]. The summed E-state index contributed by atoms with van der Waals surface area (Å²) < 4.78 is 0.0787. The molecule has 0 unspecified atom stereocenters. The Bertz CT molecular complexity index is 150. The molecule has 0 saturated heterocycles. The van der Waals surface area contributed by atoms with Gasteiger partial charge in [0.1, 0.15) is 0 Å². The second-order valence-corrected chi connectivity index (χ2v) is 3.44. The van der Waals surface area contributed by atoms with Gasteiger partial charge in [0.2, 0.25) is 0 Å². The summed E-state index contributed by atoms with van der Waals surface area (Å²) in [5, 5.41) is 16.5. The molecule has 0 rings (SSSR count). The van der Waals surface area contributed by atoms with Crippen LogP contribution in [0.5, 0.6) is 0 Å². The summed E-state index contributed by atoms with van der Waals surface area (Å²) in [4.78, 5) is 1.83. The first-order chi connectivity index (χ1) is 5.45. The van der Waals surface area contributed by atoms with Crippen molar-refractivity contribution < 1.29 is 10.2 Å². The number of rotatable bonds is 3. The fraction of sp³-hybridized carbons (Fsp3) is 0.667. The van der Waals surface area contributed by atoms with Crippen LogP contribution in [0.1, 0.15) is 13.8 Å². The molecule has 0 amide bonds. The van der Waals surface area contributed by atoms with E-state index in [1.807, 2.05) is 18.7 Å². The molecule has 0 aliphatic carbocycles. The number of hydrogen-bond donors (Lipinski definition) is 3. The predicted molar refractivity (Wildman–Crippen MR) is 59.7 cm³/mol. The predicted octanol–water partition coefficient (Wildman–Crippen LogP) is -2.12.